The molecule has 12 heteroatoms. The van der Waals surface area contributed by atoms with E-state index < -0.39 is 38.9 Å². The fraction of sp³-hybridized carbons (Fsp3) is 0.250. The van der Waals surface area contributed by atoms with Crippen molar-refractivity contribution in [3.05, 3.63) is 47.5 Å². The minimum absolute atomic E-state index is 0.0809. The van der Waals surface area contributed by atoms with Crippen LogP contribution in [0.4, 0.5) is 23.2 Å². The van der Waals surface area contributed by atoms with Gasteiger partial charge in [0, 0.05) is 18.9 Å². The summed E-state index contributed by atoms with van der Waals surface area (Å²) in [6.07, 6.45) is -3.80. The lowest BCUT2D eigenvalue weighted by Gasteiger charge is -2.16. The molecule has 1 aromatic heterocycles. The number of carbonyl (C=O) groups excluding carboxylic acids is 1. The summed E-state index contributed by atoms with van der Waals surface area (Å²) in [4.78, 5) is 11.8. The molecular weight excluding hydrogens is 404 g/mol. The number of benzene rings is 1. The molecule has 1 atom stereocenters. The number of hydrogen-bond acceptors (Lipinski definition) is 4. The molecule has 0 aliphatic heterocycles. The SMILES string of the molecule is CC(NS(=O)(=O)c1cc(C(=O)Nc2ccc(F)c(C#N)c2)n(C)c1)C(F)(F)F. The molecular formula is C16H14F4N4O3S. The van der Waals surface area contributed by atoms with Crippen LogP contribution < -0.4 is 10.0 Å². The normalized spacial score (nSPS) is 13.0. The van der Waals surface area contributed by atoms with Crippen molar-refractivity contribution in [2.75, 3.05) is 5.32 Å². The number of anilines is 1. The number of alkyl halides is 3. The molecule has 0 aliphatic rings. The fourth-order valence-electron chi connectivity index (χ4n) is 2.16. The second-order valence-corrected chi connectivity index (χ2v) is 7.53. The number of rotatable bonds is 5. The van der Waals surface area contributed by atoms with Crippen molar-refractivity contribution in [2.24, 2.45) is 7.05 Å². The van der Waals surface area contributed by atoms with Gasteiger partial charge in [0.2, 0.25) is 10.0 Å². The Morgan fingerprint density at radius 3 is 2.50 bits per heavy atom. The predicted octanol–water partition coefficient (Wildman–Crippen LogP) is 2.52. The zero-order valence-corrected chi connectivity index (χ0v) is 15.3. The highest BCUT2D eigenvalue weighted by atomic mass is 32.2. The van der Waals surface area contributed by atoms with E-state index in [4.69, 9.17) is 5.26 Å². The molecule has 2 rings (SSSR count). The summed E-state index contributed by atoms with van der Waals surface area (Å²) in [5.74, 6) is -1.58. The van der Waals surface area contributed by atoms with E-state index in [-0.39, 0.29) is 16.9 Å². The first-order valence-corrected chi connectivity index (χ1v) is 9.10. The predicted molar refractivity (Wildman–Crippen MR) is 90.3 cm³/mol. The van der Waals surface area contributed by atoms with Crippen molar-refractivity contribution in [1.29, 1.82) is 5.26 Å². The summed E-state index contributed by atoms with van der Waals surface area (Å²) in [7, 11) is -3.20. The summed E-state index contributed by atoms with van der Waals surface area (Å²) in [5, 5.41) is 11.2. The number of hydrogen-bond donors (Lipinski definition) is 2. The highest BCUT2D eigenvalue weighted by molar-refractivity contribution is 7.89. The number of sulfonamides is 1. The molecule has 1 amide bonds. The molecule has 0 saturated heterocycles. The average Bonchev–Trinajstić information content (AvgIpc) is 2.98. The third kappa shape index (κ3) is 4.68. The van der Waals surface area contributed by atoms with E-state index in [2.05, 4.69) is 5.32 Å². The first-order valence-electron chi connectivity index (χ1n) is 7.61. The molecule has 28 heavy (non-hydrogen) atoms. The van der Waals surface area contributed by atoms with E-state index in [1.54, 1.807) is 6.07 Å². The smallest absolute Gasteiger partial charge is 0.345 e. The van der Waals surface area contributed by atoms with Crippen LogP contribution in [0.3, 0.4) is 0 Å². The number of nitriles is 1. The van der Waals surface area contributed by atoms with Crippen LogP contribution in [0.15, 0.2) is 35.4 Å². The Morgan fingerprint density at radius 2 is 1.93 bits per heavy atom. The lowest BCUT2D eigenvalue weighted by Crippen LogP contribution is -2.42. The van der Waals surface area contributed by atoms with Crippen LogP contribution in [0.5, 0.6) is 0 Å². The maximum Gasteiger partial charge on any atom is 0.404 e. The summed E-state index contributed by atoms with van der Waals surface area (Å²) in [6, 6.07) is 3.43. The Morgan fingerprint density at radius 1 is 1.29 bits per heavy atom. The number of halogens is 4. The van der Waals surface area contributed by atoms with E-state index in [1.807, 2.05) is 0 Å². The van der Waals surface area contributed by atoms with Gasteiger partial charge in [-0.05, 0) is 31.2 Å². The zero-order chi connectivity index (χ0) is 21.3. The van der Waals surface area contributed by atoms with Crippen LogP contribution in [0.2, 0.25) is 0 Å². The Labute approximate surface area is 157 Å². The zero-order valence-electron chi connectivity index (χ0n) is 14.5. The van der Waals surface area contributed by atoms with Crippen LogP contribution in [-0.2, 0) is 17.1 Å². The molecule has 150 valence electrons. The molecule has 0 fully saturated rings. The Kier molecular flexibility index (Phi) is 5.81. The molecule has 2 N–H and O–H groups in total. The molecule has 7 nitrogen and oxygen atoms in total. The molecule has 0 aliphatic carbocycles. The van der Waals surface area contributed by atoms with Crippen LogP contribution in [0.1, 0.15) is 23.0 Å². The second kappa shape index (κ2) is 7.61. The Bertz CT molecular complexity index is 1050. The fourth-order valence-corrected chi connectivity index (χ4v) is 3.46. The van der Waals surface area contributed by atoms with Gasteiger partial charge in [-0.25, -0.2) is 12.8 Å². The standard InChI is InChI=1S/C16H14F4N4O3S/c1-9(16(18,19)20)23-28(26,27)12-6-14(24(2)8-12)15(25)22-11-3-4-13(17)10(5-11)7-21/h3-6,8-9,23H,1-2H3,(H,22,25). The minimum Gasteiger partial charge on any atom is -0.345 e. The van der Waals surface area contributed by atoms with Gasteiger partial charge >= 0.3 is 6.18 Å². The lowest BCUT2D eigenvalue weighted by molar-refractivity contribution is -0.147. The first kappa shape index (κ1) is 21.4. The summed E-state index contributed by atoms with van der Waals surface area (Å²) in [6.45, 7) is 0.648. The summed E-state index contributed by atoms with van der Waals surface area (Å²) >= 11 is 0. The third-order valence-corrected chi connectivity index (χ3v) is 5.20. The van der Waals surface area contributed by atoms with Gasteiger partial charge < -0.3 is 9.88 Å². The van der Waals surface area contributed by atoms with E-state index in [9.17, 15) is 30.8 Å². The van der Waals surface area contributed by atoms with Crippen LogP contribution in [0.25, 0.3) is 0 Å². The highest BCUT2D eigenvalue weighted by Gasteiger charge is 2.39. The van der Waals surface area contributed by atoms with Crippen LogP contribution >= 0.6 is 0 Å². The largest absolute Gasteiger partial charge is 0.404 e. The summed E-state index contributed by atoms with van der Waals surface area (Å²) in [5.41, 5.74) is -0.404. The maximum atomic E-state index is 13.3. The number of nitrogens with one attached hydrogen (secondary N) is 2. The molecule has 0 bridgehead atoms. The third-order valence-electron chi connectivity index (χ3n) is 3.69. The summed E-state index contributed by atoms with van der Waals surface area (Å²) < 4.78 is 77.9. The van der Waals surface area contributed by atoms with Gasteiger partial charge in [-0.1, -0.05) is 0 Å². The van der Waals surface area contributed by atoms with E-state index in [1.165, 1.54) is 17.8 Å². The van der Waals surface area contributed by atoms with Gasteiger partial charge in [0.25, 0.3) is 5.91 Å². The van der Waals surface area contributed by atoms with Crippen LogP contribution in [-0.4, -0.2) is 31.1 Å². The van der Waals surface area contributed by atoms with Crippen molar-refractivity contribution in [3.8, 4) is 6.07 Å². The van der Waals surface area contributed by atoms with Gasteiger partial charge in [-0.3, -0.25) is 4.79 Å². The van der Waals surface area contributed by atoms with Gasteiger partial charge in [0.15, 0.2) is 0 Å². The van der Waals surface area contributed by atoms with Crippen LogP contribution in [0, 0.1) is 17.1 Å². The highest BCUT2D eigenvalue weighted by Crippen LogP contribution is 2.23. The van der Waals surface area contributed by atoms with Crippen molar-refractivity contribution >= 4 is 21.6 Å². The van der Waals surface area contributed by atoms with Crippen molar-refractivity contribution in [2.45, 2.75) is 24.0 Å². The number of nitrogens with zero attached hydrogens (tertiary/aromatic N) is 2. The number of carbonyl (C=O) groups is 1. The molecule has 0 spiro atoms. The maximum absolute atomic E-state index is 13.3. The van der Waals surface area contributed by atoms with Gasteiger partial charge in [-0.15, -0.1) is 0 Å². The monoisotopic (exact) mass is 418 g/mol. The molecule has 1 aromatic carbocycles. The molecule has 1 heterocycles. The van der Waals surface area contributed by atoms with Gasteiger partial charge in [0.1, 0.15) is 28.5 Å². The topological polar surface area (TPSA) is 104 Å². The average molecular weight is 418 g/mol. The van der Waals surface area contributed by atoms with E-state index >= 15 is 0 Å². The lowest BCUT2D eigenvalue weighted by atomic mass is 10.2. The second-order valence-electron chi connectivity index (χ2n) is 5.82. The van der Waals surface area contributed by atoms with Crippen molar-refractivity contribution in [3.63, 3.8) is 0 Å². The molecule has 1 unspecified atom stereocenters. The number of aryl methyl sites for hydroxylation is 1. The van der Waals surface area contributed by atoms with Gasteiger partial charge in [-0.2, -0.15) is 23.2 Å². The number of aromatic nitrogens is 1. The van der Waals surface area contributed by atoms with E-state index in [0.29, 0.717) is 6.92 Å². The first-order chi connectivity index (χ1) is 12.8. The quantitative estimate of drug-likeness (QED) is 0.728. The number of amides is 1. The molecule has 0 radical (unpaired) electrons. The molecule has 0 saturated carbocycles. The van der Waals surface area contributed by atoms with E-state index in [0.717, 1.165) is 29.0 Å². The minimum atomic E-state index is -4.77. The Balaban J connectivity index is 2.26. The van der Waals surface area contributed by atoms with Crippen molar-refractivity contribution in [1.82, 2.24) is 9.29 Å². The van der Waals surface area contributed by atoms with Gasteiger partial charge in [0.05, 0.1) is 5.56 Å². The molecule has 2 aromatic rings. The van der Waals surface area contributed by atoms with Crippen molar-refractivity contribution < 1.29 is 30.8 Å². The Hall–Kier alpha value is -2.91.